The Kier molecular flexibility index (Phi) is 4.36. The maximum Gasteiger partial charge on any atom is 0.256 e. The Labute approximate surface area is 126 Å². The van der Waals surface area contributed by atoms with Crippen LogP contribution >= 0.6 is 23.6 Å². The largest absolute Gasteiger partial charge is 0.495 e. The predicted octanol–water partition coefficient (Wildman–Crippen LogP) is 2.95. The molecule has 0 spiro atoms. The van der Waals surface area contributed by atoms with Crippen LogP contribution in [0.4, 0.5) is 5.69 Å². The summed E-state index contributed by atoms with van der Waals surface area (Å²) in [6, 6.07) is 5.28. The highest BCUT2D eigenvalue weighted by Gasteiger charge is 2.16. The molecule has 2 rings (SSSR count). The van der Waals surface area contributed by atoms with Crippen LogP contribution in [0.15, 0.2) is 29.0 Å². The zero-order valence-electron chi connectivity index (χ0n) is 11.1. The van der Waals surface area contributed by atoms with Crippen molar-refractivity contribution in [3.63, 3.8) is 0 Å². The van der Waals surface area contributed by atoms with Gasteiger partial charge < -0.3 is 15.8 Å². The number of nitrogens with two attached hydrogens (primary N) is 1. The Balaban J connectivity index is 2.40. The Bertz CT molecular complexity index is 665. The standard InChI is InChI=1S/C14H14N2O2S2/c1-8-6-20-7-10(8)14(17)16-12-9(13(15)19)4-3-5-11(12)18-2/h3-7H,1-2H3,(H2,15,19)(H,16,17). The molecule has 0 saturated heterocycles. The lowest BCUT2D eigenvalue weighted by molar-refractivity contribution is 0.102. The number of ether oxygens (including phenoxy) is 1. The minimum atomic E-state index is -0.203. The summed E-state index contributed by atoms with van der Waals surface area (Å²) in [5, 5.41) is 6.56. The summed E-state index contributed by atoms with van der Waals surface area (Å²) in [6.45, 7) is 1.89. The first-order valence-electron chi connectivity index (χ1n) is 5.85. The highest BCUT2D eigenvalue weighted by molar-refractivity contribution is 7.80. The monoisotopic (exact) mass is 306 g/mol. The van der Waals surface area contributed by atoms with Crippen LogP contribution < -0.4 is 15.8 Å². The second-order valence-electron chi connectivity index (χ2n) is 4.17. The lowest BCUT2D eigenvalue weighted by atomic mass is 10.1. The van der Waals surface area contributed by atoms with E-state index in [1.165, 1.54) is 18.4 Å². The third-order valence-electron chi connectivity index (χ3n) is 2.85. The summed E-state index contributed by atoms with van der Waals surface area (Å²) in [5.41, 5.74) is 8.34. The minimum Gasteiger partial charge on any atom is -0.495 e. The van der Waals surface area contributed by atoms with E-state index in [4.69, 9.17) is 22.7 Å². The van der Waals surface area contributed by atoms with Gasteiger partial charge in [0.15, 0.2) is 0 Å². The predicted molar refractivity (Wildman–Crippen MR) is 85.9 cm³/mol. The summed E-state index contributed by atoms with van der Waals surface area (Å²) in [4.78, 5) is 12.5. The number of aryl methyl sites for hydroxylation is 1. The molecule has 3 N–H and O–H groups in total. The lowest BCUT2D eigenvalue weighted by Crippen LogP contribution is -2.18. The molecule has 0 saturated carbocycles. The molecule has 104 valence electrons. The van der Waals surface area contributed by atoms with Crippen molar-refractivity contribution in [2.24, 2.45) is 5.73 Å². The number of benzene rings is 1. The highest BCUT2D eigenvalue weighted by Crippen LogP contribution is 2.29. The summed E-state index contributed by atoms with van der Waals surface area (Å²) in [5.74, 6) is 0.322. The van der Waals surface area contributed by atoms with Crippen molar-refractivity contribution in [3.05, 3.63) is 45.6 Å². The quantitative estimate of drug-likeness (QED) is 0.852. The summed E-state index contributed by atoms with van der Waals surface area (Å²) in [6.07, 6.45) is 0. The van der Waals surface area contributed by atoms with Gasteiger partial charge in [-0.1, -0.05) is 18.3 Å². The molecule has 0 radical (unpaired) electrons. The number of nitrogens with one attached hydrogen (secondary N) is 1. The van der Waals surface area contributed by atoms with Gasteiger partial charge in [-0.25, -0.2) is 0 Å². The third kappa shape index (κ3) is 2.81. The van der Waals surface area contributed by atoms with Crippen LogP contribution in [-0.4, -0.2) is 18.0 Å². The van der Waals surface area contributed by atoms with Crippen LogP contribution in [0.1, 0.15) is 21.5 Å². The topological polar surface area (TPSA) is 64.3 Å². The number of anilines is 1. The molecule has 0 aliphatic carbocycles. The van der Waals surface area contributed by atoms with Crippen molar-refractivity contribution in [3.8, 4) is 5.75 Å². The average molecular weight is 306 g/mol. The molecule has 1 aromatic carbocycles. The van der Waals surface area contributed by atoms with Gasteiger partial charge in [0.2, 0.25) is 0 Å². The lowest BCUT2D eigenvalue weighted by Gasteiger charge is -2.14. The Morgan fingerprint density at radius 2 is 2.10 bits per heavy atom. The van der Waals surface area contributed by atoms with Crippen molar-refractivity contribution < 1.29 is 9.53 Å². The Morgan fingerprint density at radius 1 is 1.35 bits per heavy atom. The number of carbonyl (C=O) groups excluding carboxylic acids is 1. The van der Waals surface area contributed by atoms with E-state index >= 15 is 0 Å². The van der Waals surface area contributed by atoms with Crippen molar-refractivity contribution in [2.45, 2.75) is 6.92 Å². The summed E-state index contributed by atoms with van der Waals surface area (Å²) in [7, 11) is 1.53. The van der Waals surface area contributed by atoms with Crippen LogP contribution in [-0.2, 0) is 0 Å². The van der Waals surface area contributed by atoms with Crippen LogP contribution in [0.5, 0.6) is 5.75 Å². The van der Waals surface area contributed by atoms with Crippen molar-refractivity contribution in [1.29, 1.82) is 0 Å². The molecular formula is C14H14N2O2S2. The van der Waals surface area contributed by atoms with E-state index in [0.29, 0.717) is 22.6 Å². The summed E-state index contributed by atoms with van der Waals surface area (Å²) >= 11 is 6.49. The van der Waals surface area contributed by atoms with Gasteiger partial charge in [0.05, 0.1) is 18.4 Å². The molecular weight excluding hydrogens is 292 g/mol. The molecule has 0 atom stereocenters. The molecule has 0 aliphatic rings. The second kappa shape index (κ2) is 6.02. The smallest absolute Gasteiger partial charge is 0.256 e. The Hall–Kier alpha value is -1.92. The van der Waals surface area contributed by atoms with Gasteiger partial charge in [-0.2, -0.15) is 11.3 Å². The third-order valence-corrected chi connectivity index (χ3v) is 3.93. The first-order chi connectivity index (χ1) is 9.54. The SMILES string of the molecule is COc1cccc(C(N)=S)c1NC(=O)c1cscc1C. The van der Waals surface area contributed by atoms with E-state index in [1.54, 1.807) is 23.6 Å². The van der Waals surface area contributed by atoms with E-state index in [1.807, 2.05) is 12.3 Å². The number of carbonyl (C=O) groups is 1. The van der Waals surface area contributed by atoms with Gasteiger partial charge >= 0.3 is 0 Å². The molecule has 0 unspecified atom stereocenters. The number of hydrogen-bond donors (Lipinski definition) is 2. The van der Waals surface area contributed by atoms with Gasteiger partial charge in [-0.3, -0.25) is 4.79 Å². The number of hydrogen-bond acceptors (Lipinski definition) is 4. The van der Waals surface area contributed by atoms with E-state index in [-0.39, 0.29) is 10.9 Å². The molecule has 1 heterocycles. The van der Waals surface area contributed by atoms with Gasteiger partial charge in [0, 0.05) is 10.9 Å². The fraction of sp³-hybridized carbons (Fsp3) is 0.143. The van der Waals surface area contributed by atoms with Gasteiger partial charge in [-0.05, 0) is 30.0 Å². The summed E-state index contributed by atoms with van der Waals surface area (Å²) < 4.78 is 5.26. The zero-order chi connectivity index (χ0) is 14.7. The Morgan fingerprint density at radius 3 is 2.65 bits per heavy atom. The average Bonchev–Trinajstić information content (AvgIpc) is 2.85. The molecule has 0 bridgehead atoms. The maximum absolute atomic E-state index is 12.3. The van der Waals surface area contributed by atoms with Gasteiger partial charge in [0.1, 0.15) is 10.7 Å². The fourth-order valence-corrected chi connectivity index (χ4v) is 2.81. The molecule has 6 heteroatoms. The number of rotatable bonds is 4. The van der Waals surface area contributed by atoms with Crippen molar-refractivity contribution in [2.75, 3.05) is 12.4 Å². The van der Waals surface area contributed by atoms with Crippen LogP contribution in [0, 0.1) is 6.92 Å². The fourth-order valence-electron chi connectivity index (χ4n) is 1.81. The number of para-hydroxylation sites is 1. The van der Waals surface area contributed by atoms with Crippen molar-refractivity contribution >= 4 is 40.1 Å². The first-order valence-corrected chi connectivity index (χ1v) is 7.20. The number of thiocarbonyl (C=S) groups is 1. The van der Waals surface area contributed by atoms with Gasteiger partial charge in [0.25, 0.3) is 5.91 Å². The van der Waals surface area contributed by atoms with Gasteiger partial charge in [-0.15, -0.1) is 0 Å². The maximum atomic E-state index is 12.3. The number of amides is 1. The molecule has 1 aromatic heterocycles. The van der Waals surface area contributed by atoms with Crippen molar-refractivity contribution in [1.82, 2.24) is 0 Å². The highest BCUT2D eigenvalue weighted by atomic mass is 32.1. The van der Waals surface area contributed by atoms with Crippen LogP contribution in [0.25, 0.3) is 0 Å². The number of thiophene rings is 1. The molecule has 20 heavy (non-hydrogen) atoms. The van der Waals surface area contributed by atoms with E-state index in [2.05, 4.69) is 5.32 Å². The molecule has 4 nitrogen and oxygen atoms in total. The number of methoxy groups -OCH3 is 1. The van der Waals surface area contributed by atoms with E-state index in [0.717, 1.165) is 5.56 Å². The first kappa shape index (κ1) is 14.5. The van der Waals surface area contributed by atoms with Crippen LogP contribution in [0.3, 0.4) is 0 Å². The molecule has 0 aliphatic heterocycles. The van der Waals surface area contributed by atoms with E-state index < -0.39 is 0 Å². The molecule has 1 amide bonds. The molecule has 0 fully saturated rings. The van der Waals surface area contributed by atoms with Crippen LogP contribution in [0.2, 0.25) is 0 Å². The zero-order valence-corrected chi connectivity index (χ0v) is 12.7. The minimum absolute atomic E-state index is 0.203. The molecule has 2 aromatic rings. The second-order valence-corrected chi connectivity index (χ2v) is 5.35. The van der Waals surface area contributed by atoms with E-state index in [9.17, 15) is 4.79 Å². The normalized spacial score (nSPS) is 10.1.